The van der Waals surface area contributed by atoms with E-state index in [0.717, 1.165) is 50.1 Å². The summed E-state index contributed by atoms with van der Waals surface area (Å²) < 4.78 is 1.60. The van der Waals surface area contributed by atoms with Crippen molar-refractivity contribution in [2.45, 2.75) is 32.7 Å². The average Bonchev–Trinajstić information content (AvgIpc) is 2.67. The van der Waals surface area contributed by atoms with Crippen molar-refractivity contribution in [2.24, 2.45) is 0 Å². The predicted octanol–water partition coefficient (Wildman–Crippen LogP) is 1.22. The molecule has 1 aliphatic rings. The zero-order valence-corrected chi connectivity index (χ0v) is 17.6. The molecular weight excluding hydrogens is 354 g/mol. The maximum atomic E-state index is 12.2. The van der Waals surface area contributed by atoms with Crippen molar-refractivity contribution in [3.63, 3.8) is 0 Å². The van der Waals surface area contributed by atoms with E-state index in [9.17, 15) is 4.79 Å². The first-order valence-electron chi connectivity index (χ1n) is 9.79. The summed E-state index contributed by atoms with van der Waals surface area (Å²) in [7, 11) is 3.96. The van der Waals surface area contributed by atoms with Crippen LogP contribution in [0, 0.1) is 0 Å². The number of piperazine rings is 1. The summed E-state index contributed by atoms with van der Waals surface area (Å²) in [6.07, 6.45) is 1.62. The zero-order valence-electron chi connectivity index (χ0n) is 17.6. The van der Waals surface area contributed by atoms with E-state index in [2.05, 4.69) is 45.6 Å². The van der Waals surface area contributed by atoms with Crippen molar-refractivity contribution >= 4 is 11.6 Å². The Bertz CT molecular complexity index is 848. The number of hydrogen-bond donors (Lipinski definition) is 0. The van der Waals surface area contributed by atoms with E-state index in [1.165, 1.54) is 0 Å². The quantitative estimate of drug-likeness (QED) is 0.766. The number of hydrogen-bond acceptors (Lipinski definition) is 7. The van der Waals surface area contributed by atoms with Gasteiger partial charge in [0.15, 0.2) is 0 Å². The molecule has 0 unspecified atom stereocenters. The van der Waals surface area contributed by atoms with Crippen LogP contribution in [0.1, 0.15) is 26.5 Å². The van der Waals surface area contributed by atoms with Crippen LogP contribution in [0.15, 0.2) is 29.3 Å². The van der Waals surface area contributed by atoms with Crippen LogP contribution in [0.4, 0.5) is 11.6 Å². The van der Waals surface area contributed by atoms with Crippen LogP contribution >= 0.6 is 0 Å². The Hall–Kier alpha value is -2.48. The second-order valence-corrected chi connectivity index (χ2v) is 8.49. The highest BCUT2D eigenvalue weighted by Gasteiger charge is 2.20. The summed E-state index contributed by atoms with van der Waals surface area (Å²) >= 11 is 0. The number of anilines is 2. The van der Waals surface area contributed by atoms with Gasteiger partial charge in [-0.2, -0.15) is 5.10 Å². The molecule has 0 atom stereocenters. The molecule has 28 heavy (non-hydrogen) atoms. The second kappa shape index (κ2) is 8.26. The highest BCUT2D eigenvalue weighted by atomic mass is 16.1. The summed E-state index contributed by atoms with van der Waals surface area (Å²) in [4.78, 5) is 27.5. The first-order valence-corrected chi connectivity index (χ1v) is 9.79. The lowest BCUT2D eigenvalue weighted by atomic mass is 9.92. The Labute approximate surface area is 166 Å². The molecule has 1 aliphatic heterocycles. The lowest BCUT2D eigenvalue weighted by molar-refractivity contribution is 0.241. The molecular formula is C20H31N7O. The van der Waals surface area contributed by atoms with Gasteiger partial charge >= 0.3 is 0 Å². The maximum Gasteiger partial charge on any atom is 0.266 e. The number of rotatable bonds is 5. The molecule has 8 heteroatoms. The Kier molecular flexibility index (Phi) is 5.98. The predicted molar refractivity (Wildman–Crippen MR) is 112 cm³/mol. The van der Waals surface area contributed by atoms with Crippen molar-refractivity contribution in [3.8, 4) is 0 Å². The van der Waals surface area contributed by atoms with Crippen molar-refractivity contribution in [3.05, 3.63) is 40.6 Å². The normalized spacial score (nSPS) is 15.7. The molecule has 3 rings (SSSR count). The zero-order chi connectivity index (χ0) is 20.3. The molecule has 0 saturated carbocycles. The smallest absolute Gasteiger partial charge is 0.266 e. The molecule has 8 nitrogen and oxygen atoms in total. The SMILES string of the molecule is CN(C)c1cc(N2CCN(CCn3nc(C(C)(C)C)ccc3=O)CC2)ncn1. The van der Waals surface area contributed by atoms with Gasteiger partial charge in [0.1, 0.15) is 18.0 Å². The largest absolute Gasteiger partial charge is 0.363 e. The average molecular weight is 386 g/mol. The van der Waals surface area contributed by atoms with Gasteiger partial charge < -0.3 is 9.80 Å². The minimum atomic E-state index is -0.0654. The molecule has 0 aromatic carbocycles. The van der Waals surface area contributed by atoms with Crippen LogP contribution in [0.25, 0.3) is 0 Å². The minimum Gasteiger partial charge on any atom is -0.363 e. The van der Waals surface area contributed by atoms with Crippen molar-refractivity contribution in [1.82, 2.24) is 24.6 Å². The summed E-state index contributed by atoms with van der Waals surface area (Å²) in [5, 5.41) is 4.56. The summed E-state index contributed by atoms with van der Waals surface area (Å²) in [6.45, 7) is 11.5. The Morgan fingerprint density at radius 1 is 1.04 bits per heavy atom. The number of aromatic nitrogens is 4. The van der Waals surface area contributed by atoms with E-state index in [0.29, 0.717) is 6.54 Å². The molecule has 152 valence electrons. The van der Waals surface area contributed by atoms with E-state index in [1.54, 1.807) is 17.1 Å². The first-order chi connectivity index (χ1) is 13.2. The first kappa shape index (κ1) is 20.3. The van der Waals surface area contributed by atoms with Crippen molar-refractivity contribution < 1.29 is 0 Å². The van der Waals surface area contributed by atoms with Crippen molar-refractivity contribution in [2.75, 3.05) is 56.6 Å². The third kappa shape index (κ3) is 4.86. The molecule has 1 saturated heterocycles. The van der Waals surface area contributed by atoms with Crippen LogP contribution < -0.4 is 15.4 Å². The maximum absolute atomic E-state index is 12.2. The van der Waals surface area contributed by atoms with Gasteiger partial charge in [0.2, 0.25) is 0 Å². The highest BCUT2D eigenvalue weighted by Crippen LogP contribution is 2.19. The van der Waals surface area contributed by atoms with Crippen LogP contribution in [0.5, 0.6) is 0 Å². The van der Waals surface area contributed by atoms with Crippen LogP contribution in [0.2, 0.25) is 0 Å². The Morgan fingerprint density at radius 3 is 2.39 bits per heavy atom. The fraction of sp³-hybridized carbons (Fsp3) is 0.600. The fourth-order valence-electron chi connectivity index (χ4n) is 3.20. The second-order valence-electron chi connectivity index (χ2n) is 8.49. The molecule has 3 heterocycles. The Morgan fingerprint density at radius 2 is 1.75 bits per heavy atom. The van der Waals surface area contributed by atoms with Crippen LogP contribution in [0.3, 0.4) is 0 Å². The van der Waals surface area contributed by atoms with E-state index >= 15 is 0 Å². The van der Waals surface area contributed by atoms with Gasteiger partial charge in [-0.15, -0.1) is 0 Å². The summed E-state index contributed by atoms with van der Waals surface area (Å²) in [6, 6.07) is 5.49. The topological polar surface area (TPSA) is 70.4 Å². The van der Waals surface area contributed by atoms with Gasteiger partial charge in [-0.25, -0.2) is 14.6 Å². The third-order valence-electron chi connectivity index (χ3n) is 5.06. The third-order valence-corrected chi connectivity index (χ3v) is 5.06. The molecule has 2 aromatic heterocycles. The molecule has 0 spiro atoms. The van der Waals surface area contributed by atoms with E-state index in [4.69, 9.17) is 0 Å². The molecule has 1 fully saturated rings. The van der Waals surface area contributed by atoms with E-state index < -0.39 is 0 Å². The lowest BCUT2D eigenvalue weighted by Crippen LogP contribution is -2.48. The van der Waals surface area contributed by atoms with Gasteiger partial charge in [0.05, 0.1) is 12.2 Å². The lowest BCUT2D eigenvalue weighted by Gasteiger charge is -2.35. The van der Waals surface area contributed by atoms with Crippen molar-refractivity contribution in [1.29, 1.82) is 0 Å². The highest BCUT2D eigenvalue weighted by molar-refractivity contribution is 5.49. The van der Waals surface area contributed by atoms with E-state index in [1.807, 2.05) is 31.1 Å². The molecule has 0 bridgehead atoms. The molecule has 0 radical (unpaired) electrons. The minimum absolute atomic E-state index is 0.0381. The van der Waals surface area contributed by atoms with Gasteiger partial charge in [-0.05, 0) is 6.07 Å². The van der Waals surface area contributed by atoms with Crippen LogP contribution in [-0.4, -0.2) is 71.5 Å². The Balaban J connectivity index is 1.57. The van der Waals surface area contributed by atoms with Gasteiger partial charge in [-0.1, -0.05) is 20.8 Å². The van der Waals surface area contributed by atoms with Crippen LogP contribution in [-0.2, 0) is 12.0 Å². The monoisotopic (exact) mass is 385 g/mol. The molecule has 0 N–H and O–H groups in total. The van der Waals surface area contributed by atoms with Gasteiger partial charge in [0, 0.05) is 64.4 Å². The molecule has 0 amide bonds. The molecule has 0 aliphatic carbocycles. The van der Waals surface area contributed by atoms with Gasteiger partial charge in [-0.3, -0.25) is 9.69 Å². The summed E-state index contributed by atoms with van der Waals surface area (Å²) in [5.41, 5.74) is 0.838. The number of nitrogens with zero attached hydrogens (tertiary/aromatic N) is 7. The fourth-order valence-corrected chi connectivity index (χ4v) is 3.20. The van der Waals surface area contributed by atoms with Gasteiger partial charge in [0.25, 0.3) is 5.56 Å². The standard InChI is InChI=1S/C20H31N7O/c1-20(2,3)16-6-7-19(28)27(23-16)13-10-25-8-11-26(12-9-25)18-14-17(24(4)5)21-15-22-18/h6-7,14-15H,8-13H2,1-5H3. The summed E-state index contributed by atoms with van der Waals surface area (Å²) in [5.74, 6) is 1.88. The molecule has 2 aromatic rings. The van der Waals surface area contributed by atoms with E-state index in [-0.39, 0.29) is 11.0 Å².